The van der Waals surface area contributed by atoms with Crippen molar-refractivity contribution in [3.05, 3.63) is 33.3 Å². The summed E-state index contributed by atoms with van der Waals surface area (Å²) < 4.78 is 6.82. The van der Waals surface area contributed by atoms with E-state index in [1.54, 1.807) is 0 Å². The second-order valence-electron chi connectivity index (χ2n) is 4.64. The van der Waals surface area contributed by atoms with E-state index in [-0.39, 0.29) is 0 Å². The molecule has 0 fully saturated rings. The van der Waals surface area contributed by atoms with Crippen molar-refractivity contribution in [2.75, 3.05) is 26.3 Å². The first-order valence-corrected chi connectivity index (χ1v) is 7.48. The normalized spacial score (nSPS) is 10.9. The van der Waals surface area contributed by atoms with Gasteiger partial charge in [0.15, 0.2) is 0 Å². The Hall–Kier alpha value is -0.380. The highest BCUT2D eigenvalue weighted by molar-refractivity contribution is 9.10. The summed E-state index contributed by atoms with van der Waals surface area (Å²) in [6, 6.07) is 4.44. The first kappa shape index (κ1) is 15.7. The highest BCUT2D eigenvalue weighted by Gasteiger charge is 2.02. The monoisotopic (exact) mass is 313 g/mol. The van der Waals surface area contributed by atoms with Crippen LogP contribution in [0.5, 0.6) is 0 Å². The van der Waals surface area contributed by atoms with E-state index in [2.05, 4.69) is 54.2 Å². The minimum Gasteiger partial charge on any atom is -0.380 e. The largest absolute Gasteiger partial charge is 0.380 e. The van der Waals surface area contributed by atoms with Crippen LogP contribution >= 0.6 is 15.9 Å². The average Bonchev–Trinajstić information content (AvgIpc) is 2.34. The van der Waals surface area contributed by atoms with Crippen LogP contribution < -0.4 is 5.32 Å². The number of ether oxygens (including phenoxy) is 1. The number of nitrogens with one attached hydrogen (secondary N) is 1. The van der Waals surface area contributed by atoms with E-state index in [1.165, 1.54) is 27.6 Å². The van der Waals surface area contributed by atoms with Gasteiger partial charge in [0.25, 0.3) is 0 Å². The van der Waals surface area contributed by atoms with Crippen molar-refractivity contribution in [2.24, 2.45) is 0 Å². The number of benzene rings is 1. The molecule has 0 unspecified atom stereocenters. The number of hydrogen-bond acceptors (Lipinski definition) is 2. The Balaban J connectivity index is 2.25. The van der Waals surface area contributed by atoms with Gasteiger partial charge in [0.2, 0.25) is 0 Å². The lowest BCUT2D eigenvalue weighted by Crippen LogP contribution is -2.20. The van der Waals surface area contributed by atoms with Gasteiger partial charge in [0, 0.05) is 11.0 Å². The van der Waals surface area contributed by atoms with Gasteiger partial charge in [-0.1, -0.05) is 28.9 Å². The summed E-state index contributed by atoms with van der Waals surface area (Å²) in [7, 11) is 0. The number of hydrogen-bond donors (Lipinski definition) is 1. The minimum atomic E-state index is 0.800. The summed E-state index contributed by atoms with van der Waals surface area (Å²) >= 11 is 3.56. The Bertz CT molecular complexity index is 366. The number of halogens is 1. The molecule has 2 nitrogen and oxygen atoms in total. The van der Waals surface area contributed by atoms with Crippen molar-refractivity contribution < 1.29 is 4.74 Å². The molecule has 0 heterocycles. The average molecular weight is 314 g/mol. The summed E-state index contributed by atoms with van der Waals surface area (Å²) in [5, 5.41) is 3.33. The van der Waals surface area contributed by atoms with E-state index in [4.69, 9.17) is 4.74 Å². The summed E-state index contributed by atoms with van der Waals surface area (Å²) in [5.74, 6) is 0. The molecule has 0 spiro atoms. The maximum absolute atomic E-state index is 5.64. The third-order valence-corrected chi connectivity index (χ3v) is 3.84. The molecular formula is C15H24BrNO. The lowest BCUT2D eigenvalue weighted by molar-refractivity contribution is 0.139. The fourth-order valence-corrected chi connectivity index (χ4v) is 2.30. The predicted octanol–water partition coefficient (Wildman–Crippen LogP) is 3.62. The van der Waals surface area contributed by atoms with Crippen LogP contribution in [-0.4, -0.2) is 26.3 Å². The molecule has 0 bridgehead atoms. The quantitative estimate of drug-likeness (QED) is 0.740. The first-order valence-electron chi connectivity index (χ1n) is 6.69. The van der Waals surface area contributed by atoms with Crippen LogP contribution in [-0.2, 0) is 11.2 Å². The fraction of sp³-hybridized carbons (Fsp3) is 0.600. The van der Waals surface area contributed by atoms with Gasteiger partial charge in [0.1, 0.15) is 0 Å². The maximum Gasteiger partial charge on any atom is 0.0591 e. The molecule has 0 saturated carbocycles. The van der Waals surface area contributed by atoms with Crippen molar-refractivity contribution in [1.29, 1.82) is 0 Å². The Morgan fingerprint density at radius 1 is 1.11 bits per heavy atom. The number of rotatable bonds is 8. The summed E-state index contributed by atoms with van der Waals surface area (Å²) in [6.45, 7) is 10.1. The van der Waals surface area contributed by atoms with Crippen molar-refractivity contribution in [3.8, 4) is 0 Å². The van der Waals surface area contributed by atoms with Crippen molar-refractivity contribution in [1.82, 2.24) is 5.32 Å². The number of aryl methyl sites for hydroxylation is 2. The zero-order valence-electron chi connectivity index (χ0n) is 11.7. The predicted molar refractivity (Wildman–Crippen MR) is 81.3 cm³/mol. The van der Waals surface area contributed by atoms with E-state index < -0.39 is 0 Å². The summed E-state index contributed by atoms with van der Waals surface area (Å²) in [5.41, 5.74) is 4.01. The van der Waals surface area contributed by atoms with E-state index in [0.29, 0.717) is 0 Å². The summed E-state index contributed by atoms with van der Waals surface area (Å²) in [6.07, 6.45) is 2.17. The lowest BCUT2D eigenvalue weighted by atomic mass is 10.0. The molecule has 18 heavy (non-hydrogen) atoms. The minimum absolute atomic E-state index is 0.800. The zero-order chi connectivity index (χ0) is 13.4. The topological polar surface area (TPSA) is 21.3 Å². The Morgan fingerprint density at radius 3 is 2.61 bits per heavy atom. The molecule has 1 aromatic carbocycles. The highest BCUT2D eigenvalue weighted by atomic mass is 79.9. The van der Waals surface area contributed by atoms with Gasteiger partial charge in [0.05, 0.1) is 13.2 Å². The van der Waals surface area contributed by atoms with Gasteiger partial charge in [-0.05, 0) is 56.0 Å². The zero-order valence-corrected chi connectivity index (χ0v) is 13.3. The van der Waals surface area contributed by atoms with Crippen LogP contribution in [0.4, 0.5) is 0 Å². The molecule has 0 atom stereocenters. The molecule has 1 N–H and O–H groups in total. The van der Waals surface area contributed by atoms with Gasteiger partial charge in [-0.2, -0.15) is 0 Å². The second-order valence-corrected chi connectivity index (χ2v) is 5.49. The Kier molecular flexibility index (Phi) is 7.56. The van der Waals surface area contributed by atoms with Gasteiger partial charge in [-0.25, -0.2) is 0 Å². The van der Waals surface area contributed by atoms with Crippen LogP contribution in [0.1, 0.15) is 30.0 Å². The highest BCUT2D eigenvalue weighted by Crippen LogP contribution is 2.21. The van der Waals surface area contributed by atoms with E-state index in [0.717, 1.165) is 32.7 Å². The molecule has 0 aliphatic carbocycles. The van der Waals surface area contributed by atoms with Crippen LogP contribution in [0.2, 0.25) is 0 Å². The molecule has 0 amide bonds. The molecule has 0 aromatic heterocycles. The summed E-state index contributed by atoms with van der Waals surface area (Å²) in [4.78, 5) is 0. The van der Waals surface area contributed by atoms with Gasteiger partial charge >= 0.3 is 0 Å². The molecule has 3 heteroatoms. The van der Waals surface area contributed by atoms with Crippen molar-refractivity contribution in [2.45, 2.75) is 33.6 Å². The molecule has 0 saturated heterocycles. The van der Waals surface area contributed by atoms with Crippen LogP contribution in [0, 0.1) is 13.8 Å². The van der Waals surface area contributed by atoms with Crippen LogP contribution in [0.15, 0.2) is 16.6 Å². The third kappa shape index (κ3) is 5.51. The van der Waals surface area contributed by atoms with Crippen LogP contribution in [0.3, 0.4) is 0 Å². The Labute approximate surface area is 119 Å². The third-order valence-electron chi connectivity index (χ3n) is 2.98. The van der Waals surface area contributed by atoms with Gasteiger partial charge < -0.3 is 10.1 Å². The molecule has 0 aliphatic heterocycles. The molecule has 1 rings (SSSR count). The van der Waals surface area contributed by atoms with Gasteiger partial charge in [-0.3, -0.25) is 0 Å². The molecule has 1 aromatic rings. The van der Waals surface area contributed by atoms with E-state index in [9.17, 15) is 0 Å². The van der Waals surface area contributed by atoms with E-state index >= 15 is 0 Å². The van der Waals surface area contributed by atoms with Crippen LogP contribution in [0.25, 0.3) is 0 Å². The maximum atomic E-state index is 5.64. The Morgan fingerprint density at radius 2 is 1.89 bits per heavy atom. The molecule has 0 radical (unpaired) electrons. The molecule has 0 aliphatic rings. The standard InChI is InChI=1S/C15H24BrNO/c1-4-6-17-7-9-18-8-5-14-10-13(3)15(16)11-12(14)2/h10-11,17H,4-9H2,1-3H3. The SMILES string of the molecule is CCCNCCOCCc1cc(C)c(Br)cc1C. The van der Waals surface area contributed by atoms with Crippen molar-refractivity contribution >= 4 is 15.9 Å². The van der Waals surface area contributed by atoms with Crippen molar-refractivity contribution in [3.63, 3.8) is 0 Å². The second kappa shape index (κ2) is 8.68. The molecule has 102 valence electrons. The van der Waals surface area contributed by atoms with E-state index in [1.807, 2.05) is 0 Å². The smallest absolute Gasteiger partial charge is 0.0591 e. The van der Waals surface area contributed by atoms with Gasteiger partial charge in [-0.15, -0.1) is 0 Å². The first-order chi connectivity index (χ1) is 8.65. The fourth-order valence-electron chi connectivity index (χ4n) is 1.84. The molecular weight excluding hydrogens is 290 g/mol. The lowest BCUT2D eigenvalue weighted by Gasteiger charge is -2.10.